The molecule has 162 valence electrons. The molecular formula is C24H21ClN4O2S. The summed E-state index contributed by atoms with van der Waals surface area (Å²) in [5.74, 6) is 0.560. The molecule has 0 fully saturated rings. The van der Waals surface area contributed by atoms with Gasteiger partial charge in [0.25, 0.3) is 0 Å². The summed E-state index contributed by atoms with van der Waals surface area (Å²) in [6.07, 6.45) is 1.62. The van der Waals surface area contributed by atoms with Gasteiger partial charge in [0.05, 0.1) is 12.8 Å². The van der Waals surface area contributed by atoms with Crippen LogP contribution in [0, 0.1) is 6.92 Å². The van der Waals surface area contributed by atoms with Crippen LogP contribution >= 0.6 is 23.4 Å². The van der Waals surface area contributed by atoms with Gasteiger partial charge in [-0.2, -0.15) is 0 Å². The van der Waals surface area contributed by atoms with Crippen LogP contribution in [-0.2, 0) is 4.79 Å². The standard InChI is InChI=1S/C24H21ClN4O2S/c1-16-8-11-19(14-21(16)25)29-15-26-28-24(29)32-22(17-6-4-3-5-7-17)23(30)27-18-9-12-20(31-2)13-10-18/h3-15,22H,1-2H3,(H,27,30). The highest BCUT2D eigenvalue weighted by Gasteiger charge is 2.25. The number of amides is 1. The molecule has 0 saturated carbocycles. The van der Waals surface area contributed by atoms with Crippen molar-refractivity contribution in [3.05, 3.63) is 95.3 Å². The summed E-state index contributed by atoms with van der Waals surface area (Å²) in [5, 5.41) is 12.0. The molecule has 1 atom stereocenters. The van der Waals surface area contributed by atoms with Crippen molar-refractivity contribution in [1.82, 2.24) is 14.8 Å². The smallest absolute Gasteiger partial charge is 0.242 e. The number of hydrogen-bond acceptors (Lipinski definition) is 5. The van der Waals surface area contributed by atoms with Crippen molar-refractivity contribution in [3.63, 3.8) is 0 Å². The summed E-state index contributed by atoms with van der Waals surface area (Å²) in [6.45, 7) is 1.95. The number of aryl methyl sites for hydroxylation is 1. The quantitative estimate of drug-likeness (QED) is 0.355. The van der Waals surface area contributed by atoms with E-state index in [4.69, 9.17) is 16.3 Å². The minimum atomic E-state index is -0.540. The fourth-order valence-electron chi connectivity index (χ4n) is 3.10. The molecule has 0 aliphatic rings. The highest BCUT2D eigenvalue weighted by molar-refractivity contribution is 8.00. The Bertz CT molecular complexity index is 1210. The number of aromatic nitrogens is 3. The molecule has 1 unspecified atom stereocenters. The normalized spacial score (nSPS) is 11.7. The van der Waals surface area contributed by atoms with Crippen molar-refractivity contribution in [2.75, 3.05) is 12.4 Å². The van der Waals surface area contributed by atoms with E-state index >= 15 is 0 Å². The van der Waals surface area contributed by atoms with Gasteiger partial charge in [-0.15, -0.1) is 10.2 Å². The zero-order chi connectivity index (χ0) is 22.5. The summed E-state index contributed by atoms with van der Waals surface area (Å²) in [4.78, 5) is 13.3. The SMILES string of the molecule is COc1ccc(NC(=O)C(Sc2nncn2-c2ccc(C)c(Cl)c2)c2ccccc2)cc1. The second kappa shape index (κ2) is 9.89. The van der Waals surface area contributed by atoms with Crippen molar-refractivity contribution in [2.24, 2.45) is 0 Å². The van der Waals surface area contributed by atoms with Crippen LogP contribution in [0.1, 0.15) is 16.4 Å². The Kier molecular flexibility index (Phi) is 6.78. The highest BCUT2D eigenvalue weighted by Crippen LogP contribution is 2.36. The molecule has 0 radical (unpaired) electrons. The first kappa shape index (κ1) is 21.9. The van der Waals surface area contributed by atoms with Gasteiger partial charge in [0.2, 0.25) is 5.91 Å². The first-order valence-electron chi connectivity index (χ1n) is 9.88. The number of anilines is 1. The van der Waals surface area contributed by atoms with E-state index in [1.165, 1.54) is 11.8 Å². The van der Waals surface area contributed by atoms with E-state index < -0.39 is 5.25 Å². The molecule has 0 aliphatic carbocycles. The predicted molar refractivity (Wildman–Crippen MR) is 128 cm³/mol. The molecule has 4 rings (SSSR count). The average molecular weight is 465 g/mol. The average Bonchev–Trinajstić information content (AvgIpc) is 3.28. The van der Waals surface area contributed by atoms with Gasteiger partial charge in [0.1, 0.15) is 17.3 Å². The minimum Gasteiger partial charge on any atom is -0.497 e. The second-order valence-corrected chi connectivity index (χ2v) is 8.52. The lowest BCUT2D eigenvalue weighted by molar-refractivity contribution is -0.115. The number of hydrogen-bond donors (Lipinski definition) is 1. The van der Waals surface area contributed by atoms with E-state index in [9.17, 15) is 4.79 Å². The van der Waals surface area contributed by atoms with Crippen molar-refractivity contribution < 1.29 is 9.53 Å². The lowest BCUT2D eigenvalue weighted by atomic mass is 10.1. The maximum atomic E-state index is 13.3. The Hall–Kier alpha value is -3.29. The van der Waals surface area contributed by atoms with Gasteiger partial charge in [-0.1, -0.05) is 59.8 Å². The first-order chi connectivity index (χ1) is 15.5. The molecular weight excluding hydrogens is 444 g/mol. The summed E-state index contributed by atoms with van der Waals surface area (Å²) in [5.41, 5.74) is 3.36. The van der Waals surface area contributed by atoms with Crippen LogP contribution in [0.15, 0.2) is 84.3 Å². The molecule has 1 amide bonds. The number of nitrogens with one attached hydrogen (secondary N) is 1. The third-order valence-electron chi connectivity index (χ3n) is 4.87. The number of carbonyl (C=O) groups excluding carboxylic acids is 1. The van der Waals surface area contributed by atoms with Crippen molar-refractivity contribution >= 4 is 35.0 Å². The molecule has 0 bridgehead atoms. The van der Waals surface area contributed by atoms with Gasteiger partial charge in [-0.05, 0) is 54.4 Å². The summed E-state index contributed by atoms with van der Waals surface area (Å²) >= 11 is 7.64. The number of methoxy groups -OCH3 is 1. The van der Waals surface area contributed by atoms with Crippen LogP contribution in [0.2, 0.25) is 5.02 Å². The van der Waals surface area contributed by atoms with Gasteiger partial charge >= 0.3 is 0 Å². The lowest BCUT2D eigenvalue weighted by Gasteiger charge is -2.17. The van der Waals surface area contributed by atoms with E-state index in [0.29, 0.717) is 15.9 Å². The monoisotopic (exact) mass is 464 g/mol. The van der Waals surface area contributed by atoms with Crippen LogP contribution in [-0.4, -0.2) is 27.8 Å². The van der Waals surface area contributed by atoms with Crippen molar-refractivity contribution in [2.45, 2.75) is 17.3 Å². The van der Waals surface area contributed by atoms with Gasteiger partial charge in [-0.25, -0.2) is 0 Å². The largest absolute Gasteiger partial charge is 0.497 e. The molecule has 8 heteroatoms. The second-order valence-electron chi connectivity index (χ2n) is 7.04. The Balaban J connectivity index is 1.63. The van der Waals surface area contributed by atoms with E-state index in [-0.39, 0.29) is 5.91 Å². The van der Waals surface area contributed by atoms with Crippen molar-refractivity contribution in [3.8, 4) is 11.4 Å². The summed E-state index contributed by atoms with van der Waals surface area (Å²) < 4.78 is 7.01. The van der Waals surface area contributed by atoms with Crippen LogP contribution in [0.4, 0.5) is 5.69 Å². The lowest BCUT2D eigenvalue weighted by Crippen LogP contribution is -2.19. The number of benzene rings is 3. The molecule has 6 nitrogen and oxygen atoms in total. The third-order valence-corrected chi connectivity index (χ3v) is 6.49. The van der Waals surface area contributed by atoms with Crippen LogP contribution in [0.3, 0.4) is 0 Å². The Morgan fingerprint density at radius 3 is 2.53 bits per heavy atom. The zero-order valence-electron chi connectivity index (χ0n) is 17.5. The number of nitrogens with zero attached hydrogens (tertiary/aromatic N) is 3. The van der Waals surface area contributed by atoms with E-state index in [0.717, 1.165) is 22.6 Å². The summed E-state index contributed by atoms with van der Waals surface area (Å²) in [7, 11) is 1.60. The molecule has 0 spiro atoms. The molecule has 0 saturated heterocycles. The molecule has 0 aliphatic heterocycles. The molecule has 1 N–H and O–H groups in total. The van der Waals surface area contributed by atoms with Crippen LogP contribution in [0.25, 0.3) is 5.69 Å². The number of ether oxygens (including phenoxy) is 1. The first-order valence-corrected chi connectivity index (χ1v) is 11.1. The topological polar surface area (TPSA) is 69.0 Å². The maximum absolute atomic E-state index is 13.3. The van der Waals surface area contributed by atoms with Gasteiger partial charge in [0, 0.05) is 10.7 Å². The van der Waals surface area contributed by atoms with Crippen LogP contribution in [0.5, 0.6) is 5.75 Å². The fraction of sp³-hybridized carbons (Fsp3) is 0.125. The Labute approximate surface area is 195 Å². The summed E-state index contributed by atoms with van der Waals surface area (Å²) in [6, 6.07) is 22.6. The molecule has 4 aromatic rings. The minimum absolute atomic E-state index is 0.164. The molecule has 1 heterocycles. The molecule has 32 heavy (non-hydrogen) atoms. The number of rotatable bonds is 7. The van der Waals surface area contributed by atoms with E-state index in [1.54, 1.807) is 37.7 Å². The third kappa shape index (κ3) is 4.95. The van der Waals surface area contributed by atoms with E-state index in [2.05, 4.69) is 15.5 Å². The number of thioether (sulfide) groups is 1. The number of carbonyl (C=O) groups is 1. The zero-order valence-corrected chi connectivity index (χ0v) is 19.1. The predicted octanol–water partition coefficient (Wildman–Crippen LogP) is 5.71. The van der Waals surface area contributed by atoms with Gasteiger partial charge in [0.15, 0.2) is 5.16 Å². The van der Waals surface area contributed by atoms with Gasteiger partial charge < -0.3 is 10.1 Å². The van der Waals surface area contributed by atoms with E-state index in [1.807, 2.05) is 60.0 Å². The number of halogens is 1. The highest BCUT2D eigenvalue weighted by atomic mass is 35.5. The Morgan fingerprint density at radius 2 is 1.84 bits per heavy atom. The molecule has 3 aromatic carbocycles. The maximum Gasteiger partial charge on any atom is 0.242 e. The molecule has 1 aromatic heterocycles. The Morgan fingerprint density at radius 1 is 1.09 bits per heavy atom. The fourth-order valence-corrected chi connectivity index (χ4v) is 4.31. The van der Waals surface area contributed by atoms with Gasteiger partial charge in [-0.3, -0.25) is 9.36 Å². The van der Waals surface area contributed by atoms with Crippen molar-refractivity contribution in [1.29, 1.82) is 0 Å². The van der Waals surface area contributed by atoms with Crippen LogP contribution < -0.4 is 10.1 Å².